The number of nitrogens with zero attached hydrogens (tertiary/aromatic N) is 1. The van der Waals surface area contributed by atoms with Gasteiger partial charge in [0.2, 0.25) is 0 Å². The summed E-state index contributed by atoms with van der Waals surface area (Å²) in [5.41, 5.74) is 8.95. The van der Waals surface area contributed by atoms with Crippen LogP contribution in [0.15, 0.2) is 53.0 Å². The van der Waals surface area contributed by atoms with Crippen molar-refractivity contribution in [2.45, 2.75) is 0 Å². The second kappa shape index (κ2) is 5.87. The third kappa shape index (κ3) is 2.80. The molecule has 0 atom stereocenters. The molecular weight excluding hydrogens is 348 g/mol. The molecule has 2 aromatic carbocycles. The van der Waals surface area contributed by atoms with Gasteiger partial charge in [0.05, 0.1) is 7.11 Å². The molecule has 0 saturated carbocycles. The van der Waals surface area contributed by atoms with Gasteiger partial charge in [-0.15, -0.1) is 0 Å². The van der Waals surface area contributed by atoms with E-state index in [0.29, 0.717) is 5.00 Å². The highest BCUT2D eigenvalue weighted by molar-refractivity contribution is 9.10. The molecule has 3 aromatic rings. The molecule has 0 radical (unpaired) electrons. The Kier molecular flexibility index (Phi) is 3.94. The first-order valence-electron chi connectivity index (χ1n) is 6.34. The first-order chi connectivity index (χ1) is 10.2. The van der Waals surface area contributed by atoms with E-state index in [0.717, 1.165) is 32.1 Å². The van der Waals surface area contributed by atoms with Crippen molar-refractivity contribution in [3.8, 4) is 27.6 Å². The fraction of sp³-hybridized carbons (Fsp3) is 0.0625. The molecule has 0 aliphatic carbocycles. The van der Waals surface area contributed by atoms with E-state index < -0.39 is 0 Å². The van der Waals surface area contributed by atoms with E-state index in [4.69, 9.17) is 15.5 Å². The molecule has 0 aliphatic rings. The monoisotopic (exact) mass is 360 g/mol. The van der Waals surface area contributed by atoms with Crippen LogP contribution in [0.2, 0.25) is 0 Å². The van der Waals surface area contributed by atoms with E-state index in [1.54, 1.807) is 7.11 Å². The van der Waals surface area contributed by atoms with Crippen LogP contribution >= 0.6 is 27.3 Å². The van der Waals surface area contributed by atoms with E-state index in [2.05, 4.69) is 15.9 Å². The molecule has 0 aliphatic heterocycles. The Balaban J connectivity index is 2.10. The summed E-state index contributed by atoms with van der Waals surface area (Å²) in [6, 6.07) is 15.8. The van der Waals surface area contributed by atoms with Gasteiger partial charge in [0.25, 0.3) is 0 Å². The predicted octanol–water partition coefficient (Wildman–Crippen LogP) is 4.83. The summed E-state index contributed by atoms with van der Waals surface area (Å²) in [5.74, 6) is 0.780. The number of halogens is 1. The number of rotatable bonds is 3. The number of methoxy groups -OCH3 is 1. The van der Waals surface area contributed by atoms with Gasteiger partial charge >= 0.3 is 0 Å². The van der Waals surface area contributed by atoms with Crippen molar-refractivity contribution in [1.29, 1.82) is 0 Å². The fourth-order valence-corrected chi connectivity index (χ4v) is 3.33. The standard InChI is InChI=1S/C16H13BrN2OS/c1-20-11-7-8-13(17)12(9-11)14-15(18)21-16(19-14)10-5-3-2-4-6-10/h2-9H,18H2,1H3. The molecule has 0 bridgehead atoms. The summed E-state index contributed by atoms with van der Waals surface area (Å²) in [6.07, 6.45) is 0. The van der Waals surface area contributed by atoms with Crippen LogP contribution in [-0.2, 0) is 0 Å². The van der Waals surface area contributed by atoms with Crippen LogP contribution < -0.4 is 10.5 Å². The van der Waals surface area contributed by atoms with Gasteiger partial charge in [-0.3, -0.25) is 0 Å². The van der Waals surface area contributed by atoms with Gasteiger partial charge in [-0.25, -0.2) is 4.98 Å². The molecule has 106 valence electrons. The van der Waals surface area contributed by atoms with Gasteiger partial charge < -0.3 is 10.5 Å². The van der Waals surface area contributed by atoms with Crippen molar-refractivity contribution in [2.24, 2.45) is 0 Å². The SMILES string of the molecule is COc1ccc(Br)c(-c2nc(-c3ccccc3)sc2N)c1. The largest absolute Gasteiger partial charge is 0.497 e. The normalized spacial score (nSPS) is 10.6. The summed E-state index contributed by atoms with van der Waals surface area (Å²) >= 11 is 5.04. The van der Waals surface area contributed by atoms with Crippen molar-refractivity contribution in [3.05, 3.63) is 53.0 Å². The smallest absolute Gasteiger partial charge is 0.126 e. The van der Waals surface area contributed by atoms with Crippen molar-refractivity contribution >= 4 is 32.3 Å². The Morgan fingerprint density at radius 2 is 1.90 bits per heavy atom. The molecule has 2 N–H and O–H groups in total. The number of nitrogen functional groups attached to an aromatic ring is 1. The molecule has 5 heteroatoms. The number of hydrogen-bond acceptors (Lipinski definition) is 4. The molecular formula is C16H13BrN2OS. The number of ether oxygens (including phenoxy) is 1. The van der Waals surface area contributed by atoms with Crippen molar-refractivity contribution < 1.29 is 4.74 Å². The highest BCUT2D eigenvalue weighted by Gasteiger charge is 2.15. The fourth-order valence-electron chi connectivity index (χ4n) is 2.04. The zero-order valence-corrected chi connectivity index (χ0v) is 13.7. The second-order valence-electron chi connectivity index (χ2n) is 4.44. The summed E-state index contributed by atoms with van der Waals surface area (Å²) in [7, 11) is 1.65. The van der Waals surface area contributed by atoms with E-state index in [1.165, 1.54) is 11.3 Å². The lowest BCUT2D eigenvalue weighted by molar-refractivity contribution is 0.415. The zero-order valence-electron chi connectivity index (χ0n) is 11.3. The molecule has 0 spiro atoms. The molecule has 0 fully saturated rings. The molecule has 0 amide bonds. The van der Waals surface area contributed by atoms with E-state index >= 15 is 0 Å². The highest BCUT2D eigenvalue weighted by atomic mass is 79.9. The van der Waals surface area contributed by atoms with Crippen LogP contribution in [0.1, 0.15) is 0 Å². The van der Waals surface area contributed by atoms with Crippen LogP contribution in [0.25, 0.3) is 21.8 Å². The van der Waals surface area contributed by atoms with Gasteiger partial charge in [-0.2, -0.15) is 0 Å². The van der Waals surface area contributed by atoms with Gasteiger partial charge in [-0.1, -0.05) is 57.6 Å². The Morgan fingerprint density at radius 1 is 1.14 bits per heavy atom. The van der Waals surface area contributed by atoms with E-state index in [9.17, 15) is 0 Å². The lowest BCUT2D eigenvalue weighted by Gasteiger charge is -2.05. The number of thiazole rings is 1. The quantitative estimate of drug-likeness (QED) is 0.727. The topological polar surface area (TPSA) is 48.1 Å². The molecule has 1 aromatic heterocycles. The van der Waals surface area contributed by atoms with E-state index in [1.807, 2.05) is 48.5 Å². The molecule has 3 nitrogen and oxygen atoms in total. The van der Waals surface area contributed by atoms with Crippen LogP contribution in [0.3, 0.4) is 0 Å². The summed E-state index contributed by atoms with van der Waals surface area (Å²) in [5, 5.41) is 1.61. The Morgan fingerprint density at radius 3 is 2.62 bits per heavy atom. The maximum absolute atomic E-state index is 6.17. The third-order valence-corrected chi connectivity index (χ3v) is 4.73. The molecule has 3 rings (SSSR count). The Bertz CT molecular complexity index is 771. The van der Waals surface area contributed by atoms with E-state index in [-0.39, 0.29) is 0 Å². The lowest BCUT2D eigenvalue weighted by atomic mass is 10.1. The van der Waals surface area contributed by atoms with Gasteiger partial charge in [0, 0.05) is 15.6 Å². The number of hydrogen-bond donors (Lipinski definition) is 1. The van der Waals surface area contributed by atoms with Crippen LogP contribution in [0.4, 0.5) is 5.00 Å². The lowest BCUT2D eigenvalue weighted by Crippen LogP contribution is -1.89. The minimum absolute atomic E-state index is 0.697. The first-order valence-corrected chi connectivity index (χ1v) is 7.95. The second-order valence-corrected chi connectivity index (χ2v) is 6.33. The summed E-state index contributed by atoms with van der Waals surface area (Å²) < 4.78 is 6.22. The molecule has 21 heavy (non-hydrogen) atoms. The Hall–Kier alpha value is -1.85. The van der Waals surface area contributed by atoms with Gasteiger partial charge in [-0.05, 0) is 18.2 Å². The summed E-state index contributed by atoms with van der Waals surface area (Å²) in [6.45, 7) is 0. The maximum atomic E-state index is 6.17. The average molecular weight is 361 g/mol. The number of anilines is 1. The highest BCUT2D eigenvalue weighted by Crippen LogP contribution is 2.39. The minimum atomic E-state index is 0.697. The maximum Gasteiger partial charge on any atom is 0.126 e. The number of nitrogens with two attached hydrogens (primary N) is 1. The summed E-state index contributed by atoms with van der Waals surface area (Å²) in [4.78, 5) is 4.69. The first kappa shape index (κ1) is 14.1. The number of benzene rings is 2. The third-order valence-electron chi connectivity index (χ3n) is 3.10. The molecule has 0 saturated heterocycles. The van der Waals surface area contributed by atoms with Gasteiger partial charge in [0.1, 0.15) is 21.5 Å². The zero-order chi connectivity index (χ0) is 14.8. The molecule has 0 unspecified atom stereocenters. The molecule has 1 heterocycles. The van der Waals surface area contributed by atoms with Crippen LogP contribution in [0.5, 0.6) is 5.75 Å². The predicted molar refractivity (Wildman–Crippen MR) is 91.7 cm³/mol. The van der Waals surface area contributed by atoms with Crippen LogP contribution in [-0.4, -0.2) is 12.1 Å². The van der Waals surface area contributed by atoms with Crippen molar-refractivity contribution in [2.75, 3.05) is 12.8 Å². The van der Waals surface area contributed by atoms with Crippen molar-refractivity contribution in [3.63, 3.8) is 0 Å². The van der Waals surface area contributed by atoms with Crippen LogP contribution in [0, 0.1) is 0 Å². The Labute approximate surface area is 135 Å². The average Bonchev–Trinajstić information content (AvgIpc) is 2.90. The van der Waals surface area contributed by atoms with Gasteiger partial charge in [0.15, 0.2) is 0 Å². The number of aromatic nitrogens is 1. The van der Waals surface area contributed by atoms with Crippen molar-refractivity contribution in [1.82, 2.24) is 4.98 Å². The minimum Gasteiger partial charge on any atom is -0.497 e.